The van der Waals surface area contributed by atoms with Gasteiger partial charge in [0.15, 0.2) is 0 Å². The molecule has 0 spiro atoms. The zero-order chi connectivity index (χ0) is 22.8. The van der Waals surface area contributed by atoms with Gasteiger partial charge in [0.25, 0.3) is 5.56 Å². The molecule has 4 heterocycles. The first kappa shape index (κ1) is 20.4. The van der Waals surface area contributed by atoms with Crippen molar-refractivity contribution >= 4 is 16.7 Å². The van der Waals surface area contributed by atoms with Crippen LogP contribution in [0.25, 0.3) is 22.2 Å². The van der Waals surface area contributed by atoms with Crippen molar-refractivity contribution in [2.45, 2.75) is 6.54 Å². The lowest BCUT2D eigenvalue weighted by Gasteiger charge is -2.10. The van der Waals surface area contributed by atoms with Gasteiger partial charge < -0.3 is 10.1 Å². The summed E-state index contributed by atoms with van der Waals surface area (Å²) in [6, 6.07) is 12.7. The first-order valence-corrected chi connectivity index (χ1v) is 10.3. The smallest absolute Gasteiger partial charge is 0.261 e. The van der Waals surface area contributed by atoms with E-state index in [0.717, 1.165) is 22.6 Å². The molecule has 5 rings (SSSR count). The van der Waals surface area contributed by atoms with Crippen LogP contribution in [0.2, 0.25) is 0 Å². The monoisotopic (exact) mass is 439 g/mol. The van der Waals surface area contributed by atoms with Crippen LogP contribution in [0.1, 0.15) is 5.56 Å². The molecule has 1 aromatic carbocycles. The van der Waals surface area contributed by atoms with Crippen LogP contribution in [0, 0.1) is 0 Å². The summed E-state index contributed by atoms with van der Waals surface area (Å²) < 4.78 is 9.32. The van der Waals surface area contributed by atoms with Crippen LogP contribution in [-0.4, -0.2) is 36.3 Å². The number of fused-ring (bicyclic) bond motifs is 1. The molecule has 0 unspecified atom stereocenters. The van der Waals surface area contributed by atoms with Gasteiger partial charge in [0, 0.05) is 44.3 Å². The summed E-state index contributed by atoms with van der Waals surface area (Å²) in [5.74, 6) is 1.93. The number of hydrogen-bond acceptors (Lipinski definition) is 7. The van der Waals surface area contributed by atoms with Crippen molar-refractivity contribution < 1.29 is 4.74 Å². The maximum Gasteiger partial charge on any atom is 0.261 e. The molecule has 0 atom stereocenters. The number of nitrogens with one attached hydrogen (secondary N) is 1. The minimum absolute atomic E-state index is 0.145. The lowest BCUT2D eigenvalue weighted by atomic mass is 10.2. The van der Waals surface area contributed by atoms with Crippen LogP contribution >= 0.6 is 0 Å². The SMILES string of the molecule is CNc1ccc(Cn2cnc3ccc(Oc4ccnc(-c5cnn(C)c5)c4)cc3c2=O)cn1. The number of pyridine rings is 2. The van der Waals surface area contributed by atoms with E-state index in [1.54, 1.807) is 58.4 Å². The quantitative estimate of drug-likeness (QED) is 0.432. The molecule has 1 N–H and O–H groups in total. The molecular weight excluding hydrogens is 418 g/mol. The second kappa shape index (κ2) is 8.54. The standard InChI is InChI=1S/C24H21N7O2/c1-25-23-6-3-16(11-27-23)13-31-15-28-21-5-4-18(9-20(21)24(31)32)33-19-7-8-26-22(10-19)17-12-29-30(2)14-17/h3-12,14-15H,13H2,1-2H3,(H,25,27). The van der Waals surface area contributed by atoms with E-state index in [1.807, 2.05) is 38.5 Å². The maximum absolute atomic E-state index is 13.1. The zero-order valence-electron chi connectivity index (χ0n) is 18.1. The molecule has 0 saturated heterocycles. The third kappa shape index (κ3) is 4.29. The van der Waals surface area contributed by atoms with E-state index in [-0.39, 0.29) is 5.56 Å². The molecule has 0 fully saturated rings. The van der Waals surface area contributed by atoms with Gasteiger partial charge in [0.05, 0.1) is 35.7 Å². The fraction of sp³-hybridized carbons (Fsp3) is 0.125. The van der Waals surface area contributed by atoms with Gasteiger partial charge in [0.2, 0.25) is 0 Å². The summed E-state index contributed by atoms with van der Waals surface area (Å²) in [7, 11) is 3.67. The van der Waals surface area contributed by atoms with E-state index < -0.39 is 0 Å². The van der Waals surface area contributed by atoms with Crippen molar-refractivity contribution in [3.8, 4) is 22.8 Å². The molecule has 33 heavy (non-hydrogen) atoms. The predicted octanol–water partition coefficient (Wildman–Crippen LogP) is 3.47. The lowest BCUT2D eigenvalue weighted by Crippen LogP contribution is -2.21. The first-order valence-electron chi connectivity index (χ1n) is 10.3. The van der Waals surface area contributed by atoms with Gasteiger partial charge >= 0.3 is 0 Å². The van der Waals surface area contributed by atoms with Crippen LogP contribution < -0.4 is 15.6 Å². The highest BCUT2D eigenvalue weighted by Gasteiger charge is 2.09. The Morgan fingerprint density at radius 3 is 2.64 bits per heavy atom. The second-order valence-electron chi connectivity index (χ2n) is 7.54. The van der Waals surface area contributed by atoms with Gasteiger partial charge in [0.1, 0.15) is 17.3 Å². The largest absolute Gasteiger partial charge is 0.457 e. The predicted molar refractivity (Wildman–Crippen MR) is 125 cm³/mol. The number of nitrogens with zero attached hydrogens (tertiary/aromatic N) is 6. The van der Waals surface area contributed by atoms with E-state index in [1.165, 1.54) is 0 Å². The highest BCUT2D eigenvalue weighted by atomic mass is 16.5. The van der Waals surface area contributed by atoms with Gasteiger partial charge in [-0.3, -0.25) is 19.0 Å². The van der Waals surface area contributed by atoms with Crippen molar-refractivity contribution in [2.75, 3.05) is 12.4 Å². The third-order valence-electron chi connectivity index (χ3n) is 5.20. The Bertz CT molecular complexity index is 1490. The maximum atomic E-state index is 13.1. The molecule has 0 radical (unpaired) electrons. The van der Waals surface area contributed by atoms with Crippen LogP contribution in [0.4, 0.5) is 5.82 Å². The Balaban J connectivity index is 1.43. The van der Waals surface area contributed by atoms with Gasteiger partial charge in [-0.2, -0.15) is 5.10 Å². The molecule has 0 bridgehead atoms. The topological polar surface area (TPSA) is 99.7 Å². The van der Waals surface area contributed by atoms with E-state index >= 15 is 0 Å². The molecule has 0 aliphatic heterocycles. The van der Waals surface area contributed by atoms with E-state index in [9.17, 15) is 4.79 Å². The summed E-state index contributed by atoms with van der Waals surface area (Å²) in [5.41, 5.74) is 3.02. The molecule has 9 nitrogen and oxygen atoms in total. The summed E-state index contributed by atoms with van der Waals surface area (Å²) in [6.45, 7) is 0.378. The normalized spacial score (nSPS) is 11.0. The molecule has 0 amide bonds. The second-order valence-corrected chi connectivity index (χ2v) is 7.54. The van der Waals surface area contributed by atoms with E-state index in [2.05, 4.69) is 25.4 Å². The Morgan fingerprint density at radius 2 is 1.88 bits per heavy atom. The number of aromatic nitrogens is 6. The Hall–Kier alpha value is -4.53. The summed E-state index contributed by atoms with van der Waals surface area (Å²) in [5, 5.41) is 7.64. The van der Waals surface area contributed by atoms with Crippen molar-refractivity contribution in [1.29, 1.82) is 0 Å². The fourth-order valence-electron chi connectivity index (χ4n) is 3.50. The number of hydrogen-bond donors (Lipinski definition) is 1. The highest BCUT2D eigenvalue weighted by molar-refractivity contribution is 5.79. The number of ether oxygens (including phenoxy) is 1. The molecule has 5 aromatic rings. The number of benzene rings is 1. The molecule has 0 aliphatic rings. The van der Waals surface area contributed by atoms with Crippen molar-refractivity contribution in [3.63, 3.8) is 0 Å². The molecule has 0 aliphatic carbocycles. The Labute approximate surface area is 189 Å². The zero-order valence-corrected chi connectivity index (χ0v) is 18.1. The van der Waals surface area contributed by atoms with Crippen molar-refractivity contribution in [2.24, 2.45) is 7.05 Å². The van der Waals surface area contributed by atoms with Gasteiger partial charge in [-0.25, -0.2) is 9.97 Å². The fourth-order valence-corrected chi connectivity index (χ4v) is 3.50. The van der Waals surface area contributed by atoms with Gasteiger partial charge in [-0.1, -0.05) is 6.07 Å². The van der Waals surface area contributed by atoms with Crippen LogP contribution in [0.5, 0.6) is 11.5 Å². The average molecular weight is 439 g/mol. The number of rotatable bonds is 6. The Morgan fingerprint density at radius 1 is 1.00 bits per heavy atom. The van der Waals surface area contributed by atoms with Crippen LogP contribution in [0.15, 0.2) is 78.4 Å². The highest BCUT2D eigenvalue weighted by Crippen LogP contribution is 2.26. The molecule has 164 valence electrons. The van der Waals surface area contributed by atoms with Crippen LogP contribution in [-0.2, 0) is 13.6 Å². The van der Waals surface area contributed by atoms with Crippen LogP contribution in [0.3, 0.4) is 0 Å². The van der Waals surface area contributed by atoms with Crippen molar-refractivity contribution in [1.82, 2.24) is 29.3 Å². The summed E-state index contributed by atoms with van der Waals surface area (Å²) in [6.07, 6.45) is 8.61. The van der Waals surface area contributed by atoms with E-state index in [0.29, 0.717) is 28.9 Å². The summed E-state index contributed by atoms with van der Waals surface area (Å²) in [4.78, 5) is 26.2. The minimum Gasteiger partial charge on any atom is -0.457 e. The van der Waals surface area contributed by atoms with Gasteiger partial charge in [-0.05, 0) is 35.9 Å². The molecule has 0 saturated carbocycles. The Kier molecular flexibility index (Phi) is 5.27. The molecule has 9 heteroatoms. The van der Waals surface area contributed by atoms with E-state index in [4.69, 9.17) is 4.74 Å². The summed E-state index contributed by atoms with van der Waals surface area (Å²) >= 11 is 0. The number of aryl methyl sites for hydroxylation is 1. The lowest BCUT2D eigenvalue weighted by molar-refractivity contribution is 0.483. The molecule has 4 aromatic heterocycles. The third-order valence-corrected chi connectivity index (χ3v) is 5.20. The average Bonchev–Trinajstić information content (AvgIpc) is 3.28. The molecular formula is C24H21N7O2. The van der Waals surface area contributed by atoms with Gasteiger partial charge in [-0.15, -0.1) is 0 Å². The minimum atomic E-state index is -0.145. The number of anilines is 1. The first-order chi connectivity index (χ1) is 16.1. The van der Waals surface area contributed by atoms with Crippen molar-refractivity contribution in [3.05, 3.63) is 89.5 Å².